The summed E-state index contributed by atoms with van der Waals surface area (Å²) < 4.78 is 0. The Morgan fingerprint density at radius 2 is 2.15 bits per heavy atom. The molecule has 1 saturated heterocycles. The smallest absolute Gasteiger partial charge is 0.189 e. The van der Waals surface area contributed by atoms with Crippen molar-refractivity contribution in [3.05, 3.63) is 53.1 Å². The Balaban J connectivity index is 1.58. The second-order valence-corrected chi connectivity index (χ2v) is 6.78. The van der Waals surface area contributed by atoms with Crippen LogP contribution in [-0.4, -0.2) is 34.8 Å². The zero-order chi connectivity index (χ0) is 17.9. The van der Waals surface area contributed by atoms with E-state index < -0.39 is 6.04 Å². The van der Waals surface area contributed by atoms with Crippen LogP contribution in [0.2, 0.25) is 0 Å². The highest BCUT2D eigenvalue weighted by Crippen LogP contribution is 2.31. The van der Waals surface area contributed by atoms with Crippen LogP contribution < -0.4 is 11.0 Å². The predicted octanol–water partition coefficient (Wildman–Crippen LogP) is 1.67. The molecule has 0 amide bonds. The molecule has 2 aliphatic heterocycles. The van der Waals surface area contributed by atoms with Gasteiger partial charge in [0.15, 0.2) is 5.78 Å². The summed E-state index contributed by atoms with van der Waals surface area (Å²) in [4.78, 5) is 25.2. The highest BCUT2D eigenvalue weighted by molar-refractivity contribution is 6.03. The van der Waals surface area contributed by atoms with Crippen molar-refractivity contribution >= 4 is 5.78 Å². The van der Waals surface area contributed by atoms with Crippen LogP contribution in [-0.2, 0) is 9.63 Å². The van der Waals surface area contributed by atoms with Crippen molar-refractivity contribution in [2.24, 2.45) is 0 Å². The number of likely N-dealkylation sites (tertiary alicyclic amines) is 1. The van der Waals surface area contributed by atoms with Gasteiger partial charge < -0.3 is 4.84 Å². The van der Waals surface area contributed by atoms with Gasteiger partial charge >= 0.3 is 0 Å². The van der Waals surface area contributed by atoms with Gasteiger partial charge in [0.05, 0.1) is 17.2 Å². The average Bonchev–Trinajstić information content (AvgIpc) is 2.87. The maximum absolute atomic E-state index is 13.1. The maximum atomic E-state index is 13.1. The Kier molecular flexibility index (Phi) is 4.80. The first-order valence-electron chi connectivity index (χ1n) is 8.99. The van der Waals surface area contributed by atoms with Crippen molar-refractivity contribution in [2.75, 3.05) is 13.1 Å². The Labute approximate surface area is 152 Å². The number of hydrazine groups is 1. The Morgan fingerprint density at radius 3 is 2.96 bits per heavy atom. The molecule has 26 heavy (non-hydrogen) atoms. The largest absolute Gasteiger partial charge is 0.397 e. The number of carbonyl (C=O) groups is 1. The number of piperidine rings is 1. The van der Waals surface area contributed by atoms with Gasteiger partial charge in [0.25, 0.3) is 0 Å². The molecule has 1 aliphatic carbocycles. The molecule has 134 valence electrons. The molecule has 1 aromatic rings. The van der Waals surface area contributed by atoms with Crippen LogP contribution in [0.25, 0.3) is 0 Å². The van der Waals surface area contributed by atoms with Crippen LogP contribution in [0.15, 0.2) is 41.9 Å². The number of nitrogens with zero attached hydrogens (tertiary/aromatic N) is 3. The molecule has 3 heterocycles. The number of nitriles is 1. The molecule has 2 N–H and O–H groups in total. The molecule has 2 unspecified atom stereocenters. The summed E-state index contributed by atoms with van der Waals surface area (Å²) >= 11 is 0. The fourth-order valence-corrected chi connectivity index (χ4v) is 3.81. The summed E-state index contributed by atoms with van der Waals surface area (Å²) in [6, 6.07) is 3.26. The van der Waals surface area contributed by atoms with E-state index in [1.165, 1.54) is 19.3 Å². The first kappa shape index (κ1) is 16.9. The predicted molar refractivity (Wildman–Crippen MR) is 94.1 cm³/mol. The van der Waals surface area contributed by atoms with Crippen LogP contribution in [0.5, 0.6) is 0 Å². The fraction of sp³-hybridized carbons (Fsp3) is 0.421. The quantitative estimate of drug-likeness (QED) is 0.837. The summed E-state index contributed by atoms with van der Waals surface area (Å²) in [6.07, 6.45) is 11.4. The monoisotopic (exact) mass is 351 g/mol. The summed E-state index contributed by atoms with van der Waals surface area (Å²) in [6.45, 7) is 2.17. The van der Waals surface area contributed by atoms with Gasteiger partial charge in [-0.2, -0.15) is 5.26 Å². The molecule has 1 aromatic heterocycles. The van der Waals surface area contributed by atoms with Crippen LogP contribution in [0.3, 0.4) is 0 Å². The minimum absolute atomic E-state index is 0.122. The summed E-state index contributed by atoms with van der Waals surface area (Å²) in [5.41, 5.74) is 7.06. The zero-order valence-corrected chi connectivity index (χ0v) is 14.4. The van der Waals surface area contributed by atoms with E-state index in [-0.39, 0.29) is 11.8 Å². The third-order valence-electron chi connectivity index (χ3n) is 5.23. The van der Waals surface area contributed by atoms with Crippen LogP contribution >= 0.6 is 0 Å². The van der Waals surface area contributed by atoms with Gasteiger partial charge in [-0.1, -0.05) is 24.2 Å². The number of hydrogen-bond donors (Lipinski definition) is 2. The van der Waals surface area contributed by atoms with Crippen LogP contribution in [0, 0.1) is 11.3 Å². The fourth-order valence-electron chi connectivity index (χ4n) is 3.81. The van der Waals surface area contributed by atoms with Crippen LogP contribution in [0.1, 0.15) is 42.9 Å². The normalized spacial score (nSPS) is 26.7. The first-order chi connectivity index (χ1) is 12.8. The lowest BCUT2D eigenvalue weighted by Gasteiger charge is -2.34. The number of Topliss-reactive ketones (excluding diaryl/α,β-unsaturated/α-hetero) is 1. The minimum atomic E-state index is -0.720. The van der Waals surface area contributed by atoms with Gasteiger partial charge in [-0.15, -0.1) is 0 Å². The second-order valence-electron chi connectivity index (χ2n) is 6.78. The molecular weight excluding hydrogens is 330 g/mol. The molecule has 0 radical (unpaired) electrons. The van der Waals surface area contributed by atoms with Crippen molar-refractivity contribution < 1.29 is 9.63 Å². The van der Waals surface area contributed by atoms with Crippen molar-refractivity contribution in [3.63, 3.8) is 0 Å². The van der Waals surface area contributed by atoms with Crippen LogP contribution in [0.4, 0.5) is 0 Å². The standard InChI is InChI=1S/C19H21N5O2/c20-11-13-6-7-21-12-16(13)18-19(25)15-5-4-14(10-17(15)26-23-22-18)24-8-2-1-3-9-24/h4-7,12,14,18,22-23H,1-3,8-10H2. The van der Waals surface area contributed by atoms with Gasteiger partial charge in [0.1, 0.15) is 11.8 Å². The highest BCUT2D eigenvalue weighted by atomic mass is 16.7. The molecular formula is C19H21N5O2. The number of carbonyl (C=O) groups excluding carboxylic acids is 1. The van der Waals surface area contributed by atoms with E-state index in [4.69, 9.17) is 4.84 Å². The van der Waals surface area contributed by atoms with Crippen molar-refractivity contribution in [1.29, 1.82) is 5.26 Å². The van der Waals surface area contributed by atoms with Gasteiger partial charge in [0, 0.05) is 30.4 Å². The lowest BCUT2D eigenvalue weighted by atomic mass is 9.90. The molecule has 0 aromatic carbocycles. The molecule has 0 bridgehead atoms. The third-order valence-corrected chi connectivity index (χ3v) is 5.23. The summed E-state index contributed by atoms with van der Waals surface area (Å²) in [5, 5.41) is 9.32. The minimum Gasteiger partial charge on any atom is -0.397 e. The first-order valence-corrected chi connectivity index (χ1v) is 8.99. The number of pyridine rings is 1. The maximum Gasteiger partial charge on any atom is 0.189 e. The lowest BCUT2D eigenvalue weighted by molar-refractivity contribution is -0.117. The number of hydrogen-bond acceptors (Lipinski definition) is 7. The third kappa shape index (κ3) is 3.15. The molecule has 0 saturated carbocycles. The molecule has 7 nitrogen and oxygen atoms in total. The second kappa shape index (κ2) is 7.38. The zero-order valence-electron chi connectivity index (χ0n) is 14.4. The van der Waals surface area contributed by atoms with E-state index in [1.54, 1.807) is 18.5 Å². The number of nitrogens with one attached hydrogen (secondary N) is 2. The van der Waals surface area contributed by atoms with E-state index in [0.29, 0.717) is 28.9 Å². The molecule has 2 atom stereocenters. The molecule has 3 aliphatic rings. The SMILES string of the molecule is N#Cc1ccncc1C1NNOC2=C(C=CC(N3CCCCC3)C2)C1=O. The lowest BCUT2D eigenvalue weighted by Crippen LogP contribution is -2.39. The van der Waals surface area contributed by atoms with Gasteiger partial charge in [-0.25, -0.2) is 5.43 Å². The van der Waals surface area contributed by atoms with Crippen molar-refractivity contribution in [2.45, 2.75) is 37.8 Å². The molecule has 0 spiro atoms. The Hall–Kier alpha value is -2.53. The molecule has 4 rings (SSSR count). The van der Waals surface area contributed by atoms with E-state index in [0.717, 1.165) is 13.1 Å². The highest BCUT2D eigenvalue weighted by Gasteiger charge is 2.34. The molecule has 1 fully saturated rings. The van der Waals surface area contributed by atoms with E-state index in [9.17, 15) is 10.1 Å². The van der Waals surface area contributed by atoms with Crippen molar-refractivity contribution in [1.82, 2.24) is 20.9 Å². The topological polar surface area (TPSA) is 90.3 Å². The number of aromatic nitrogens is 1. The van der Waals surface area contributed by atoms with Gasteiger partial charge in [-0.05, 0) is 32.0 Å². The average molecular weight is 351 g/mol. The van der Waals surface area contributed by atoms with Gasteiger partial charge in [0.2, 0.25) is 0 Å². The number of rotatable bonds is 2. The molecule has 7 heteroatoms. The Morgan fingerprint density at radius 1 is 1.31 bits per heavy atom. The summed E-state index contributed by atoms with van der Waals surface area (Å²) in [5.74, 6) is 0.522. The summed E-state index contributed by atoms with van der Waals surface area (Å²) in [7, 11) is 0. The number of allylic oxidation sites excluding steroid dienone is 1. The number of ketones is 1. The van der Waals surface area contributed by atoms with E-state index in [1.807, 2.05) is 6.08 Å². The van der Waals surface area contributed by atoms with Crippen molar-refractivity contribution in [3.8, 4) is 6.07 Å². The van der Waals surface area contributed by atoms with E-state index in [2.05, 4.69) is 33.0 Å². The Bertz CT molecular complexity index is 804. The van der Waals surface area contributed by atoms with Gasteiger partial charge in [-0.3, -0.25) is 14.7 Å². The van der Waals surface area contributed by atoms with E-state index >= 15 is 0 Å².